The van der Waals surface area contributed by atoms with Crippen LogP contribution in [0.25, 0.3) is 0 Å². The highest BCUT2D eigenvalue weighted by Gasteiger charge is 2.35. The molecule has 3 heterocycles. The third-order valence-electron chi connectivity index (χ3n) is 3.84. The van der Waals surface area contributed by atoms with Crippen LogP contribution in [0.2, 0.25) is 0 Å². The van der Waals surface area contributed by atoms with Crippen LogP contribution in [0, 0.1) is 11.7 Å². The Bertz CT molecular complexity index is 673. The number of nitrogens with one attached hydrogen (secondary N) is 1. The second kappa shape index (κ2) is 6.23. The van der Waals surface area contributed by atoms with E-state index in [1.165, 1.54) is 12.3 Å². The summed E-state index contributed by atoms with van der Waals surface area (Å²) in [6.45, 7) is 0.600. The van der Waals surface area contributed by atoms with Crippen LogP contribution in [0.4, 0.5) is 10.1 Å². The molecule has 116 valence electrons. The number of ether oxygens (including phenoxy) is 1. The number of anilines is 1. The minimum atomic E-state index is -0.551. The van der Waals surface area contributed by atoms with E-state index in [1.807, 2.05) is 13.1 Å². The van der Waals surface area contributed by atoms with E-state index in [0.29, 0.717) is 13.0 Å². The molecule has 0 saturated carbocycles. The molecule has 1 saturated heterocycles. The van der Waals surface area contributed by atoms with Crippen molar-refractivity contribution < 1.29 is 13.9 Å². The maximum absolute atomic E-state index is 13.6. The average Bonchev–Trinajstić information content (AvgIpc) is 2.95. The number of carbonyl (C=O) groups is 1. The van der Waals surface area contributed by atoms with Gasteiger partial charge in [0.2, 0.25) is 5.91 Å². The number of aromatic nitrogens is 3. The zero-order valence-corrected chi connectivity index (χ0v) is 12.2. The van der Waals surface area contributed by atoms with Gasteiger partial charge in [-0.2, -0.15) is 5.10 Å². The Morgan fingerprint density at radius 1 is 1.45 bits per heavy atom. The van der Waals surface area contributed by atoms with Gasteiger partial charge in [0.25, 0.3) is 0 Å². The molecule has 1 N–H and O–H groups in total. The molecular formula is C15H17FN4O2. The number of rotatable bonds is 3. The molecule has 0 bridgehead atoms. The van der Waals surface area contributed by atoms with Crippen molar-refractivity contribution >= 4 is 11.6 Å². The third-order valence-corrected chi connectivity index (χ3v) is 3.84. The smallest absolute Gasteiger partial charge is 0.230 e. The van der Waals surface area contributed by atoms with Crippen LogP contribution in [0.1, 0.15) is 24.6 Å². The molecule has 2 atom stereocenters. The number of aryl methyl sites for hydroxylation is 1. The number of pyridine rings is 1. The van der Waals surface area contributed by atoms with E-state index < -0.39 is 5.82 Å². The fourth-order valence-electron chi connectivity index (χ4n) is 2.71. The second-order valence-electron chi connectivity index (χ2n) is 5.26. The fraction of sp³-hybridized carbons (Fsp3) is 0.400. The highest BCUT2D eigenvalue weighted by Crippen LogP contribution is 2.34. The summed E-state index contributed by atoms with van der Waals surface area (Å²) in [5.74, 6) is -1.18. The summed E-state index contributed by atoms with van der Waals surface area (Å²) in [4.78, 5) is 16.2. The lowest BCUT2D eigenvalue weighted by Crippen LogP contribution is -2.34. The first-order chi connectivity index (χ1) is 10.7. The Labute approximate surface area is 127 Å². The molecule has 22 heavy (non-hydrogen) atoms. The van der Waals surface area contributed by atoms with Crippen molar-refractivity contribution in [1.29, 1.82) is 0 Å². The zero-order chi connectivity index (χ0) is 15.5. The van der Waals surface area contributed by atoms with Gasteiger partial charge in [0.15, 0.2) is 5.82 Å². The molecule has 7 heteroatoms. The number of carbonyl (C=O) groups excluding carboxylic acids is 1. The summed E-state index contributed by atoms with van der Waals surface area (Å²) >= 11 is 0. The maximum Gasteiger partial charge on any atom is 0.230 e. The number of hydrogen-bond donors (Lipinski definition) is 1. The van der Waals surface area contributed by atoms with Crippen molar-refractivity contribution in [3.05, 3.63) is 42.2 Å². The lowest BCUT2D eigenvalue weighted by molar-refractivity contribution is -0.129. The largest absolute Gasteiger partial charge is 0.371 e. The molecule has 1 fully saturated rings. The average molecular weight is 304 g/mol. The van der Waals surface area contributed by atoms with Gasteiger partial charge < -0.3 is 10.1 Å². The van der Waals surface area contributed by atoms with Gasteiger partial charge in [0, 0.05) is 26.0 Å². The summed E-state index contributed by atoms with van der Waals surface area (Å²) in [5, 5.41) is 6.75. The van der Waals surface area contributed by atoms with E-state index in [4.69, 9.17) is 4.74 Å². The van der Waals surface area contributed by atoms with Crippen LogP contribution in [0.15, 0.2) is 30.7 Å². The van der Waals surface area contributed by atoms with Gasteiger partial charge >= 0.3 is 0 Å². The van der Waals surface area contributed by atoms with Crippen molar-refractivity contribution in [3.63, 3.8) is 0 Å². The van der Waals surface area contributed by atoms with Gasteiger partial charge in [-0.25, -0.2) is 4.39 Å². The fourth-order valence-corrected chi connectivity index (χ4v) is 2.71. The minimum Gasteiger partial charge on any atom is -0.371 e. The number of amides is 1. The highest BCUT2D eigenvalue weighted by molar-refractivity contribution is 5.93. The van der Waals surface area contributed by atoms with E-state index in [1.54, 1.807) is 10.9 Å². The molecule has 1 aliphatic heterocycles. The van der Waals surface area contributed by atoms with Gasteiger partial charge in [-0.1, -0.05) is 0 Å². The first kappa shape index (κ1) is 14.6. The van der Waals surface area contributed by atoms with Crippen LogP contribution in [0.3, 0.4) is 0 Å². The molecule has 1 aliphatic rings. The molecule has 3 rings (SSSR count). The molecular weight excluding hydrogens is 287 g/mol. The Morgan fingerprint density at radius 3 is 3.05 bits per heavy atom. The van der Waals surface area contributed by atoms with E-state index >= 15 is 0 Å². The lowest BCUT2D eigenvalue weighted by Gasteiger charge is -2.30. The number of nitrogens with zero attached hydrogens (tertiary/aromatic N) is 3. The molecule has 0 aliphatic carbocycles. The Hall–Kier alpha value is -2.28. The van der Waals surface area contributed by atoms with Gasteiger partial charge in [-0.05, 0) is 25.0 Å². The predicted molar refractivity (Wildman–Crippen MR) is 77.4 cm³/mol. The molecule has 0 radical (unpaired) electrons. The molecule has 1 amide bonds. The summed E-state index contributed by atoms with van der Waals surface area (Å²) in [5.41, 5.74) is 0.976. The standard InChI is InChI=1S/C15H17FN4O2/c1-20-13(5-7-18-20)14-10(3-2-8-22-14)15(21)19-12-4-6-17-9-11(12)16/h4-7,9-10,14H,2-3,8H2,1H3,(H,17,19,21)/t10-,14-/m1/s1. The third kappa shape index (κ3) is 2.85. The van der Waals surface area contributed by atoms with Crippen LogP contribution in [-0.2, 0) is 16.6 Å². The zero-order valence-electron chi connectivity index (χ0n) is 12.2. The van der Waals surface area contributed by atoms with Crippen LogP contribution in [-0.4, -0.2) is 27.3 Å². The normalized spacial score (nSPS) is 21.5. The highest BCUT2D eigenvalue weighted by atomic mass is 19.1. The number of halogens is 1. The van der Waals surface area contributed by atoms with Crippen molar-refractivity contribution in [2.75, 3.05) is 11.9 Å². The lowest BCUT2D eigenvalue weighted by atomic mass is 9.91. The van der Waals surface area contributed by atoms with Gasteiger partial charge in [0.05, 0.1) is 23.5 Å². The Morgan fingerprint density at radius 2 is 2.32 bits per heavy atom. The predicted octanol–water partition coefficient (Wildman–Crippen LogP) is 2.06. The molecule has 0 spiro atoms. The summed E-state index contributed by atoms with van der Waals surface area (Å²) in [6, 6.07) is 3.28. The molecule has 6 nitrogen and oxygen atoms in total. The van der Waals surface area contributed by atoms with Crippen molar-refractivity contribution in [1.82, 2.24) is 14.8 Å². The summed E-state index contributed by atoms with van der Waals surface area (Å²) < 4.78 is 21.1. The van der Waals surface area contributed by atoms with Crippen LogP contribution in [0.5, 0.6) is 0 Å². The molecule has 0 unspecified atom stereocenters. The molecule has 2 aromatic heterocycles. The Kier molecular flexibility index (Phi) is 4.15. The SMILES string of the molecule is Cn1nccc1[C@@H]1OCCC[C@H]1C(=O)Nc1ccncc1F. The first-order valence-electron chi connectivity index (χ1n) is 7.16. The monoisotopic (exact) mass is 304 g/mol. The Balaban J connectivity index is 1.80. The quantitative estimate of drug-likeness (QED) is 0.942. The first-order valence-corrected chi connectivity index (χ1v) is 7.16. The topological polar surface area (TPSA) is 69.0 Å². The van der Waals surface area contributed by atoms with Gasteiger partial charge in [0.1, 0.15) is 6.10 Å². The summed E-state index contributed by atoms with van der Waals surface area (Å²) in [6.07, 6.45) is 5.30. The molecule has 0 aromatic carbocycles. The van der Waals surface area contributed by atoms with E-state index in [9.17, 15) is 9.18 Å². The maximum atomic E-state index is 13.6. The van der Waals surface area contributed by atoms with Crippen molar-refractivity contribution in [2.24, 2.45) is 13.0 Å². The van der Waals surface area contributed by atoms with Crippen LogP contribution < -0.4 is 5.32 Å². The number of hydrogen-bond acceptors (Lipinski definition) is 4. The van der Waals surface area contributed by atoms with Crippen molar-refractivity contribution in [3.8, 4) is 0 Å². The second-order valence-corrected chi connectivity index (χ2v) is 5.26. The van der Waals surface area contributed by atoms with Crippen LogP contribution >= 0.6 is 0 Å². The van der Waals surface area contributed by atoms with E-state index in [2.05, 4.69) is 15.4 Å². The van der Waals surface area contributed by atoms with E-state index in [-0.39, 0.29) is 23.6 Å². The van der Waals surface area contributed by atoms with E-state index in [0.717, 1.165) is 18.3 Å². The van der Waals surface area contributed by atoms with Gasteiger partial charge in [-0.15, -0.1) is 0 Å². The summed E-state index contributed by atoms with van der Waals surface area (Å²) in [7, 11) is 1.81. The minimum absolute atomic E-state index is 0.134. The van der Waals surface area contributed by atoms with Crippen molar-refractivity contribution in [2.45, 2.75) is 18.9 Å². The molecule has 2 aromatic rings. The van der Waals surface area contributed by atoms with Gasteiger partial charge in [-0.3, -0.25) is 14.5 Å².